The minimum absolute atomic E-state index is 0.0746. The first-order valence-electron chi connectivity index (χ1n) is 5.25. The largest absolute Gasteiger partial charge is 0.390 e. The molecular weight excluding hydrogens is 164 g/mol. The molecule has 1 aliphatic heterocycles. The van der Waals surface area contributed by atoms with E-state index in [1.165, 1.54) is 6.42 Å². The third-order valence-electron chi connectivity index (χ3n) is 3.09. The van der Waals surface area contributed by atoms with Gasteiger partial charge in [0.1, 0.15) is 0 Å². The predicted octanol–water partition coefficient (Wildman–Crippen LogP) is 0.297. The highest BCUT2D eigenvalue weighted by molar-refractivity contribution is 4.84. The molecule has 3 heteroatoms. The van der Waals surface area contributed by atoms with Crippen molar-refractivity contribution >= 4 is 0 Å². The van der Waals surface area contributed by atoms with E-state index in [0.717, 1.165) is 19.6 Å². The zero-order valence-corrected chi connectivity index (χ0v) is 8.95. The Morgan fingerprint density at radius 3 is 2.54 bits per heavy atom. The van der Waals surface area contributed by atoms with E-state index in [2.05, 4.69) is 24.1 Å². The van der Waals surface area contributed by atoms with Gasteiger partial charge in [-0.25, -0.2) is 0 Å². The molecular formula is C10H22N2O. The van der Waals surface area contributed by atoms with Gasteiger partial charge in [-0.05, 0) is 13.0 Å². The average Bonchev–Trinajstić information content (AvgIpc) is 2.09. The molecule has 1 aliphatic rings. The number of hydrogen-bond donors (Lipinski definition) is 2. The van der Waals surface area contributed by atoms with Crippen molar-refractivity contribution in [1.82, 2.24) is 10.2 Å². The van der Waals surface area contributed by atoms with E-state index >= 15 is 0 Å². The molecule has 78 valence electrons. The SMILES string of the molecule is CC[C@H](C)[C@H](CN1CC(O)C1)NC. The lowest BCUT2D eigenvalue weighted by atomic mass is 9.97. The number of nitrogens with one attached hydrogen (secondary N) is 1. The van der Waals surface area contributed by atoms with E-state index in [4.69, 9.17) is 5.11 Å². The molecule has 0 aromatic heterocycles. The van der Waals surface area contributed by atoms with Gasteiger partial charge in [0, 0.05) is 25.7 Å². The summed E-state index contributed by atoms with van der Waals surface area (Å²) in [6.45, 7) is 7.28. The van der Waals surface area contributed by atoms with Crippen LogP contribution in [0.2, 0.25) is 0 Å². The zero-order valence-electron chi connectivity index (χ0n) is 8.95. The van der Waals surface area contributed by atoms with Crippen LogP contribution < -0.4 is 5.32 Å². The Bertz CT molecular complexity index is 146. The van der Waals surface area contributed by atoms with Crippen LogP contribution in [-0.2, 0) is 0 Å². The van der Waals surface area contributed by atoms with Crippen LogP contribution in [0.4, 0.5) is 0 Å². The van der Waals surface area contributed by atoms with E-state index in [9.17, 15) is 0 Å². The van der Waals surface area contributed by atoms with Gasteiger partial charge in [-0.3, -0.25) is 4.90 Å². The molecule has 0 bridgehead atoms. The normalized spacial score (nSPS) is 24.0. The number of aliphatic hydroxyl groups is 1. The van der Waals surface area contributed by atoms with Crippen LogP contribution in [-0.4, -0.2) is 48.8 Å². The highest BCUT2D eigenvalue weighted by atomic mass is 16.3. The van der Waals surface area contributed by atoms with Gasteiger partial charge in [0.05, 0.1) is 6.10 Å². The molecule has 0 aromatic carbocycles. The molecule has 0 unspecified atom stereocenters. The molecule has 0 radical (unpaired) electrons. The van der Waals surface area contributed by atoms with Crippen molar-refractivity contribution < 1.29 is 5.11 Å². The Kier molecular flexibility index (Phi) is 4.16. The molecule has 0 amide bonds. The van der Waals surface area contributed by atoms with Crippen LogP contribution >= 0.6 is 0 Å². The molecule has 1 fully saturated rings. The highest BCUT2D eigenvalue weighted by Gasteiger charge is 2.27. The van der Waals surface area contributed by atoms with Crippen LogP contribution in [0.15, 0.2) is 0 Å². The molecule has 13 heavy (non-hydrogen) atoms. The van der Waals surface area contributed by atoms with Gasteiger partial charge in [0.25, 0.3) is 0 Å². The second-order valence-electron chi connectivity index (χ2n) is 4.15. The van der Waals surface area contributed by atoms with Gasteiger partial charge in [-0.2, -0.15) is 0 Å². The molecule has 2 atom stereocenters. The van der Waals surface area contributed by atoms with Crippen LogP contribution in [0.1, 0.15) is 20.3 Å². The first kappa shape index (κ1) is 11.0. The Morgan fingerprint density at radius 1 is 1.54 bits per heavy atom. The summed E-state index contributed by atoms with van der Waals surface area (Å²) >= 11 is 0. The Labute approximate surface area is 81.1 Å². The molecule has 2 N–H and O–H groups in total. The van der Waals surface area contributed by atoms with Gasteiger partial charge in [0.15, 0.2) is 0 Å². The minimum atomic E-state index is -0.0746. The van der Waals surface area contributed by atoms with Crippen LogP contribution in [0.25, 0.3) is 0 Å². The fourth-order valence-corrected chi connectivity index (χ4v) is 1.81. The monoisotopic (exact) mass is 186 g/mol. The Hall–Kier alpha value is -0.120. The van der Waals surface area contributed by atoms with Crippen molar-refractivity contribution in [2.45, 2.75) is 32.4 Å². The molecule has 1 heterocycles. The third kappa shape index (κ3) is 2.93. The van der Waals surface area contributed by atoms with Gasteiger partial charge >= 0.3 is 0 Å². The number of likely N-dealkylation sites (tertiary alicyclic amines) is 1. The fraction of sp³-hybridized carbons (Fsp3) is 1.00. The molecule has 3 nitrogen and oxygen atoms in total. The van der Waals surface area contributed by atoms with Crippen molar-refractivity contribution in [2.24, 2.45) is 5.92 Å². The summed E-state index contributed by atoms with van der Waals surface area (Å²) in [7, 11) is 2.02. The van der Waals surface area contributed by atoms with Crippen LogP contribution in [0.3, 0.4) is 0 Å². The van der Waals surface area contributed by atoms with Crippen LogP contribution in [0, 0.1) is 5.92 Å². The number of β-amino-alcohol motifs (C(OH)–C–C–N with tert-alkyl or cyclic N) is 1. The molecule has 0 spiro atoms. The van der Waals surface area contributed by atoms with E-state index < -0.39 is 0 Å². The summed E-state index contributed by atoms with van der Waals surface area (Å²) < 4.78 is 0. The van der Waals surface area contributed by atoms with Crippen molar-refractivity contribution in [3.05, 3.63) is 0 Å². The van der Waals surface area contributed by atoms with Gasteiger partial charge in [0.2, 0.25) is 0 Å². The predicted molar refractivity (Wildman–Crippen MR) is 54.7 cm³/mol. The first-order valence-corrected chi connectivity index (χ1v) is 5.25. The number of aliphatic hydroxyl groups excluding tert-OH is 1. The topological polar surface area (TPSA) is 35.5 Å². The van der Waals surface area contributed by atoms with Crippen LogP contribution in [0.5, 0.6) is 0 Å². The van der Waals surface area contributed by atoms with E-state index in [1.807, 2.05) is 7.05 Å². The number of rotatable bonds is 5. The maximum atomic E-state index is 9.14. The van der Waals surface area contributed by atoms with Gasteiger partial charge in [-0.1, -0.05) is 20.3 Å². The summed E-state index contributed by atoms with van der Waals surface area (Å²) in [5, 5.41) is 12.5. The lowest BCUT2D eigenvalue weighted by Crippen LogP contribution is -2.55. The number of likely N-dealkylation sites (N-methyl/N-ethyl adjacent to an activating group) is 1. The molecule has 0 aromatic rings. The summed E-state index contributed by atoms with van der Waals surface area (Å²) in [6.07, 6.45) is 1.14. The molecule has 1 saturated heterocycles. The van der Waals surface area contributed by atoms with Gasteiger partial charge in [-0.15, -0.1) is 0 Å². The lowest BCUT2D eigenvalue weighted by Gasteiger charge is -2.39. The highest BCUT2D eigenvalue weighted by Crippen LogP contribution is 2.13. The van der Waals surface area contributed by atoms with E-state index in [-0.39, 0.29) is 6.10 Å². The summed E-state index contributed by atoms with van der Waals surface area (Å²) in [5.74, 6) is 0.711. The van der Waals surface area contributed by atoms with Crippen molar-refractivity contribution in [3.8, 4) is 0 Å². The van der Waals surface area contributed by atoms with E-state index in [1.54, 1.807) is 0 Å². The average molecular weight is 186 g/mol. The van der Waals surface area contributed by atoms with E-state index in [0.29, 0.717) is 12.0 Å². The fourth-order valence-electron chi connectivity index (χ4n) is 1.81. The smallest absolute Gasteiger partial charge is 0.0793 e. The summed E-state index contributed by atoms with van der Waals surface area (Å²) in [5.41, 5.74) is 0. The zero-order chi connectivity index (χ0) is 9.84. The second kappa shape index (κ2) is 4.94. The Balaban J connectivity index is 2.23. The number of hydrogen-bond acceptors (Lipinski definition) is 3. The first-order chi connectivity index (χ1) is 6.17. The molecule has 0 aliphatic carbocycles. The molecule has 1 rings (SSSR count). The lowest BCUT2D eigenvalue weighted by molar-refractivity contribution is -0.00580. The number of nitrogens with zero attached hydrogens (tertiary/aromatic N) is 1. The standard InChI is InChI=1S/C10H22N2O/c1-4-8(2)10(11-3)7-12-5-9(13)6-12/h8-11,13H,4-7H2,1-3H3/t8-,10-/m0/s1. The van der Waals surface area contributed by atoms with Crippen molar-refractivity contribution in [3.63, 3.8) is 0 Å². The maximum absolute atomic E-state index is 9.14. The van der Waals surface area contributed by atoms with Gasteiger partial charge < -0.3 is 10.4 Å². The third-order valence-corrected chi connectivity index (χ3v) is 3.09. The minimum Gasteiger partial charge on any atom is -0.390 e. The Morgan fingerprint density at radius 2 is 2.15 bits per heavy atom. The maximum Gasteiger partial charge on any atom is 0.0793 e. The second-order valence-corrected chi connectivity index (χ2v) is 4.15. The van der Waals surface area contributed by atoms with Crippen molar-refractivity contribution in [2.75, 3.05) is 26.7 Å². The quantitative estimate of drug-likeness (QED) is 0.648. The van der Waals surface area contributed by atoms with Crippen molar-refractivity contribution in [1.29, 1.82) is 0 Å². The summed E-state index contributed by atoms with van der Waals surface area (Å²) in [4.78, 5) is 2.30. The molecule has 0 saturated carbocycles. The summed E-state index contributed by atoms with van der Waals surface area (Å²) in [6, 6.07) is 0.567.